The summed E-state index contributed by atoms with van der Waals surface area (Å²) in [4.78, 5) is 24.0. The number of rotatable bonds is 10. The van der Waals surface area contributed by atoms with Gasteiger partial charge in [0.15, 0.2) is 5.16 Å². The van der Waals surface area contributed by atoms with E-state index in [1.54, 1.807) is 4.57 Å². The van der Waals surface area contributed by atoms with Gasteiger partial charge in [0.2, 0.25) is 5.91 Å². The predicted octanol–water partition coefficient (Wildman–Crippen LogP) is 2.80. The largest absolute Gasteiger partial charge is 0.353 e. The molecule has 0 aliphatic carbocycles. The van der Waals surface area contributed by atoms with Gasteiger partial charge in [-0.1, -0.05) is 68.3 Å². The van der Waals surface area contributed by atoms with Crippen molar-refractivity contribution in [2.24, 2.45) is 0 Å². The molecular weight excluding hydrogens is 336 g/mol. The zero-order valence-corrected chi connectivity index (χ0v) is 15.6. The van der Waals surface area contributed by atoms with Gasteiger partial charge in [-0.2, -0.15) is 0 Å². The Morgan fingerprint density at radius 3 is 2.80 bits per heavy atom. The molecular formula is C18H26N4O2S. The molecule has 0 bridgehead atoms. The van der Waals surface area contributed by atoms with Gasteiger partial charge in [-0.15, -0.1) is 5.10 Å². The maximum Gasteiger partial charge on any atom is 0.344 e. The third-order valence-corrected chi connectivity index (χ3v) is 4.86. The second kappa shape index (κ2) is 10.1. The molecule has 6 nitrogen and oxygen atoms in total. The van der Waals surface area contributed by atoms with Gasteiger partial charge in [0, 0.05) is 6.04 Å². The van der Waals surface area contributed by atoms with E-state index in [4.69, 9.17) is 0 Å². The molecule has 2 rings (SSSR count). The maximum atomic E-state index is 12.1. The molecule has 0 aliphatic heterocycles. The minimum Gasteiger partial charge on any atom is -0.353 e. The SMILES string of the molecule is CCCCCC(C)NC(=O)CSc1n[nH]c(=O)n1Cc1ccccc1. The van der Waals surface area contributed by atoms with E-state index in [-0.39, 0.29) is 23.4 Å². The summed E-state index contributed by atoms with van der Waals surface area (Å²) in [6.45, 7) is 4.63. The fourth-order valence-electron chi connectivity index (χ4n) is 2.54. The van der Waals surface area contributed by atoms with Crippen LogP contribution in [0.1, 0.15) is 45.1 Å². The molecule has 1 aromatic carbocycles. The lowest BCUT2D eigenvalue weighted by atomic mass is 10.1. The van der Waals surface area contributed by atoms with Crippen LogP contribution in [0, 0.1) is 0 Å². The van der Waals surface area contributed by atoms with Crippen molar-refractivity contribution in [3.8, 4) is 0 Å². The number of unbranched alkanes of at least 4 members (excludes halogenated alkanes) is 2. The summed E-state index contributed by atoms with van der Waals surface area (Å²) in [7, 11) is 0. The number of aromatic amines is 1. The van der Waals surface area contributed by atoms with Gasteiger partial charge in [0.25, 0.3) is 0 Å². The van der Waals surface area contributed by atoms with E-state index < -0.39 is 0 Å². The number of nitrogens with zero attached hydrogens (tertiary/aromatic N) is 2. The molecule has 136 valence electrons. The Morgan fingerprint density at radius 1 is 1.32 bits per heavy atom. The molecule has 1 unspecified atom stereocenters. The molecule has 2 aromatic rings. The highest BCUT2D eigenvalue weighted by atomic mass is 32.2. The van der Waals surface area contributed by atoms with E-state index in [9.17, 15) is 9.59 Å². The highest BCUT2D eigenvalue weighted by Gasteiger charge is 2.13. The Balaban J connectivity index is 1.86. The lowest BCUT2D eigenvalue weighted by Crippen LogP contribution is -2.33. The van der Waals surface area contributed by atoms with Crippen LogP contribution in [0.25, 0.3) is 0 Å². The molecule has 1 aromatic heterocycles. The number of nitrogens with one attached hydrogen (secondary N) is 2. The number of carbonyl (C=O) groups excluding carboxylic acids is 1. The Hall–Kier alpha value is -2.02. The number of benzene rings is 1. The first-order chi connectivity index (χ1) is 12.1. The molecule has 2 N–H and O–H groups in total. The number of H-pyrrole nitrogens is 1. The van der Waals surface area contributed by atoms with Crippen molar-refractivity contribution in [3.05, 3.63) is 46.4 Å². The Morgan fingerprint density at radius 2 is 2.08 bits per heavy atom. The summed E-state index contributed by atoms with van der Waals surface area (Å²) in [5.74, 6) is 0.215. The fraction of sp³-hybridized carbons (Fsp3) is 0.500. The number of carbonyl (C=O) groups is 1. The second-order valence-electron chi connectivity index (χ2n) is 6.14. The molecule has 0 saturated heterocycles. The first-order valence-corrected chi connectivity index (χ1v) is 9.70. The Bertz CT molecular complexity index is 711. The molecule has 1 atom stereocenters. The zero-order valence-electron chi connectivity index (χ0n) is 14.8. The Labute approximate surface area is 152 Å². The van der Waals surface area contributed by atoms with Crippen molar-refractivity contribution in [1.29, 1.82) is 0 Å². The van der Waals surface area contributed by atoms with E-state index in [0.717, 1.165) is 18.4 Å². The summed E-state index contributed by atoms with van der Waals surface area (Å²) >= 11 is 1.27. The van der Waals surface area contributed by atoms with Crippen molar-refractivity contribution >= 4 is 17.7 Å². The average molecular weight is 362 g/mol. The van der Waals surface area contributed by atoms with Crippen LogP contribution in [-0.2, 0) is 11.3 Å². The topological polar surface area (TPSA) is 79.8 Å². The highest BCUT2D eigenvalue weighted by Crippen LogP contribution is 2.14. The second-order valence-corrected chi connectivity index (χ2v) is 7.08. The Kier molecular flexibility index (Phi) is 7.78. The fourth-order valence-corrected chi connectivity index (χ4v) is 3.30. The number of aromatic nitrogens is 3. The van der Waals surface area contributed by atoms with E-state index in [1.807, 2.05) is 37.3 Å². The minimum atomic E-state index is -0.264. The summed E-state index contributed by atoms with van der Waals surface area (Å²) in [6, 6.07) is 9.88. The van der Waals surface area contributed by atoms with Crippen molar-refractivity contribution < 1.29 is 4.79 Å². The van der Waals surface area contributed by atoms with Gasteiger partial charge in [-0.05, 0) is 18.9 Å². The molecule has 7 heteroatoms. The molecule has 25 heavy (non-hydrogen) atoms. The van der Waals surface area contributed by atoms with Crippen molar-refractivity contribution in [2.75, 3.05) is 5.75 Å². The van der Waals surface area contributed by atoms with Crippen LogP contribution < -0.4 is 11.0 Å². The third kappa shape index (κ3) is 6.42. The van der Waals surface area contributed by atoms with Crippen LogP contribution in [-0.4, -0.2) is 32.5 Å². The van der Waals surface area contributed by atoms with Gasteiger partial charge in [0.05, 0.1) is 12.3 Å². The van der Waals surface area contributed by atoms with Gasteiger partial charge in [0.1, 0.15) is 0 Å². The third-order valence-electron chi connectivity index (χ3n) is 3.89. The normalized spacial score (nSPS) is 12.1. The zero-order chi connectivity index (χ0) is 18.1. The van der Waals surface area contributed by atoms with Gasteiger partial charge in [-0.3, -0.25) is 9.36 Å². The monoisotopic (exact) mass is 362 g/mol. The van der Waals surface area contributed by atoms with Crippen LogP contribution in [0.3, 0.4) is 0 Å². The summed E-state index contributed by atoms with van der Waals surface area (Å²) in [5, 5.41) is 10.0. The van der Waals surface area contributed by atoms with E-state index in [0.29, 0.717) is 11.7 Å². The van der Waals surface area contributed by atoms with E-state index in [1.165, 1.54) is 24.6 Å². The van der Waals surface area contributed by atoms with Crippen molar-refractivity contribution in [2.45, 2.75) is 57.3 Å². The lowest BCUT2D eigenvalue weighted by Gasteiger charge is -2.13. The number of thioether (sulfide) groups is 1. The number of hydrogen-bond donors (Lipinski definition) is 2. The lowest BCUT2D eigenvalue weighted by molar-refractivity contribution is -0.119. The van der Waals surface area contributed by atoms with Crippen molar-refractivity contribution in [1.82, 2.24) is 20.1 Å². The summed E-state index contributed by atoms with van der Waals surface area (Å²) in [5.41, 5.74) is 0.751. The summed E-state index contributed by atoms with van der Waals surface area (Å²) < 4.78 is 1.55. The van der Waals surface area contributed by atoms with Crippen LogP contribution in [0.4, 0.5) is 0 Å². The molecule has 0 spiro atoms. The van der Waals surface area contributed by atoms with Crippen LogP contribution in [0.15, 0.2) is 40.3 Å². The summed E-state index contributed by atoms with van der Waals surface area (Å²) in [6.07, 6.45) is 4.48. The first-order valence-electron chi connectivity index (χ1n) is 8.71. The standard InChI is InChI=1S/C18H26N4O2S/c1-3-4-6-9-14(2)19-16(23)13-25-18-21-20-17(24)22(18)12-15-10-7-5-8-11-15/h5,7-8,10-11,14H,3-4,6,9,12-13H2,1-2H3,(H,19,23)(H,20,24). The van der Waals surface area contributed by atoms with E-state index in [2.05, 4.69) is 22.4 Å². The molecule has 0 saturated carbocycles. The van der Waals surface area contributed by atoms with Crippen LogP contribution >= 0.6 is 11.8 Å². The average Bonchev–Trinajstić information content (AvgIpc) is 2.94. The van der Waals surface area contributed by atoms with Crippen LogP contribution in [0.5, 0.6) is 0 Å². The van der Waals surface area contributed by atoms with E-state index >= 15 is 0 Å². The molecule has 0 aliphatic rings. The highest BCUT2D eigenvalue weighted by molar-refractivity contribution is 7.99. The molecule has 1 amide bonds. The molecule has 0 radical (unpaired) electrons. The minimum absolute atomic E-state index is 0.0318. The number of amides is 1. The maximum absolute atomic E-state index is 12.1. The molecule has 0 fully saturated rings. The van der Waals surface area contributed by atoms with Gasteiger partial charge >= 0.3 is 5.69 Å². The quantitative estimate of drug-likeness (QED) is 0.503. The predicted molar refractivity (Wildman–Crippen MR) is 101 cm³/mol. The first kappa shape index (κ1) is 19.3. The van der Waals surface area contributed by atoms with Crippen molar-refractivity contribution in [3.63, 3.8) is 0 Å². The van der Waals surface area contributed by atoms with Gasteiger partial charge in [-0.25, -0.2) is 9.89 Å². The van der Waals surface area contributed by atoms with Crippen LogP contribution in [0.2, 0.25) is 0 Å². The number of hydrogen-bond acceptors (Lipinski definition) is 4. The van der Waals surface area contributed by atoms with Gasteiger partial charge < -0.3 is 5.32 Å². The molecule has 1 heterocycles. The smallest absolute Gasteiger partial charge is 0.344 e.